The molecule has 0 aliphatic rings. The van der Waals surface area contributed by atoms with E-state index in [1.807, 2.05) is 79.3 Å². The zero-order valence-electron chi connectivity index (χ0n) is 14.6. The molecule has 3 aromatic rings. The molecule has 1 amide bonds. The number of aryl methyl sites for hydroxylation is 1. The molecule has 0 aliphatic heterocycles. The minimum absolute atomic E-state index is 0.0482. The number of carbonyl (C=O) groups excluding carboxylic acids is 1. The summed E-state index contributed by atoms with van der Waals surface area (Å²) in [6, 6.07) is 17.7. The van der Waals surface area contributed by atoms with E-state index >= 15 is 0 Å². The summed E-state index contributed by atoms with van der Waals surface area (Å²) >= 11 is 0. The molecule has 0 bridgehead atoms. The van der Waals surface area contributed by atoms with E-state index in [0.29, 0.717) is 0 Å². The average molecular weight is 336 g/mol. The Morgan fingerprint density at radius 3 is 2.52 bits per heavy atom. The largest absolute Gasteiger partial charge is 0.386 e. The number of aliphatic hydroxyl groups is 1. The summed E-state index contributed by atoms with van der Waals surface area (Å²) in [7, 11) is 1.96. The van der Waals surface area contributed by atoms with Gasteiger partial charge >= 0.3 is 0 Å². The second kappa shape index (κ2) is 7.53. The van der Waals surface area contributed by atoms with Crippen molar-refractivity contribution in [1.82, 2.24) is 9.88 Å². The molecule has 0 aliphatic carbocycles. The fraction of sp³-hybridized carbons (Fsp3) is 0.286. The highest BCUT2D eigenvalue weighted by Crippen LogP contribution is 2.26. The molecule has 0 unspecified atom stereocenters. The predicted octanol–water partition coefficient (Wildman–Crippen LogP) is 3.52. The molecule has 25 heavy (non-hydrogen) atoms. The molecule has 0 saturated carbocycles. The standard InChI is InChI=1S/C21H24N2O2/c1-3-16(15-9-5-4-6-10-15)21(25)22-13-20(24)18-14-23(2)19-12-8-7-11-17(18)19/h4-12,14,16,20,24H,3,13H2,1-2H3,(H,22,25)/t16-,20+/m1/s1. The lowest BCUT2D eigenvalue weighted by atomic mass is 9.95. The summed E-state index contributed by atoms with van der Waals surface area (Å²) in [6.45, 7) is 2.20. The van der Waals surface area contributed by atoms with E-state index in [-0.39, 0.29) is 18.4 Å². The zero-order chi connectivity index (χ0) is 17.8. The highest BCUT2D eigenvalue weighted by Gasteiger charge is 2.20. The van der Waals surface area contributed by atoms with Crippen LogP contribution in [0.15, 0.2) is 60.8 Å². The van der Waals surface area contributed by atoms with Crippen LogP contribution in [0.2, 0.25) is 0 Å². The van der Waals surface area contributed by atoms with E-state index in [0.717, 1.165) is 28.5 Å². The van der Waals surface area contributed by atoms with Crippen molar-refractivity contribution in [2.45, 2.75) is 25.4 Å². The van der Waals surface area contributed by atoms with Gasteiger partial charge in [0.25, 0.3) is 0 Å². The Morgan fingerprint density at radius 2 is 1.80 bits per heavy atom. The fourth-order valence-electron chi connectivity index (χ4n) is 3.33. The van der Waals surface area contributed by atoms with E-state index < -0.39 is 6.10 Å². The topological polar surface area (TPSA) is 54.3 Å². The maximum absolute atomic E-state index is 12.6. The van der Waals surface area contributed by atoms with Crippen molar-refractivity contribution in [3.63, 3.8) is 0 Å². The van der Waals surface area contributed by atoms with Crippen LogP contribution in [0, 0.1) is 0 Å². The Hall–Kier alpha value is -2.59. The predicted molar refractivity (Wildman–Crippen MR) is 100 cm³/mol. The maximum atomic E-state index is 12.6. The summed E-state index contributed by atoms with van der Waals surface area (Å²) < 4.78 is 1.99. The molecule has 2 N–H and O–H groups in total. The quantitative estimate of drug-likeness (QED) is 0.723. The number of aromatic nitrogens is 1. The van der Waals surface area contributed by atoms with Gasteiger partial charge in [0.05, 0.1) is 12.0 Å². The van der Waals surface area contributed by atoms with Gasteiger partial charge in [-0.3, -0.25) is 4.79 Å². The normalized spacial score (nSPS) is 13.6. The Kier molecular flexibility index (Phi) is 5.19. The SMILES string of the molecule is CC[C@@H](C(=O)NC[C@H](O)c1cn(C)c2ccccc12)c1ccccc1. The molecule has 0 spiro atoms. The van der Waals surface area contributed by atoms with Crippen molar-refractivity contribution < 1.29 is 9.90 Å². The Balaban J connectivity index is 1.71. The lowest BCUT2D eigenvalue weighted by Gasteiger charge is -2.17. The van der Waals surface area contributed by atoms with Crippen LogP contribution in [0.5, 0.6) is 0 Å². The third-order valence-electron chi connectivity index (χ3n) is 4.68. The Morgan fingerprint density at radius 1 is 1.12 bits per heavy atom. The van der Waals surface area contributed by atoms with E-state index in [2.05, 4.69) is 5.32 Å². The fourth-order valence-corrected chi connectivity index (χ4v) is 3.33. The smallest absolute Gasteiger partial charge is 0.227 e. The van der Waals surface area contributed by atoms with Gasteiger partial charge in [-0.15, -0.1) is 0 Å². The number of nitrogens with zero attached hydrogens (tertiary/aromatic N) is 1. The van der Waals surface area contributed by atoms with Crippen molar-refractivity contribution >= 4 is 16.8 Å². The molecule has 0 saturated heterocycles. The van der Waals surface area contributed by atoms with Crippen LogP contribution in [0.25, 0.3) is 10.9 Å². The zero-order valence-corrected chi connectivity index (χ0v) is 14.6. The van der Waals surface area contributed by atoms with Crippen LogP contribution in [0.1, 0.15) is 36.5 Å². The number of hydrogen-bond donors (Lipinski definition) is 2. The number of rotatable bonds is 6. The van der Waals surface area contributed by atoms with Gasteiger partial charge in [-0.1, -0.05) is 55.5 Å². The van der Waals surface area contributed by atoms with Crippen LogP contribution < -0.4 is 5.32 Å². The first-order valence-corrected chi connectivity index (χ1v) is 8.66. The highest BCUT2D eigenvalue weighted by molar-refractivity contribution is 5.85. The van der Waals surface area contributed by atoms with E-state index in [9.17, 15) is 9.90 Å². The van der Waals surface area contributed by atoms with E-state index in [4.69, 9.17) is 0 Å². The summed E-state index contributed by atoms with van der Waals surface area (Å²) in [5.74, 6) is -0.242. The van der Waals surface area contributed by atoms with Gasteiger partial charge in [-0.25, -0.2) is 0 Å². The van der Waals surface area contributed by atoms with Gasteiger partial charge in [0.15, 0.2) is 0 Å². The first-order valence-electron chi connectivity index (χ1n) is 8.66. The molecular weight excluding hydrogens is 312 g/mol. The lowest BCUT2D eigenvalue weighted by Crippen LogP contribution is -2.32. The summed E-state index contributed by atoms with van der Waals surface area (Å²) in [5, 5.41) is 14.5. The molecular formula is C21H24N2O2. The van der Waals surface area contributed by atoms with E-state index in [1.54, 1.807) is 0 Å². The van der Waals surface area contributed by atoms with Gasteiger partial charge in [-0.2, -0.15) is 0 Å². The average Bonchev–Trinajstić information content (AvgIpc) is 2.98. The number of nitrogens with one attached hydrogen (secondary N) is 1. The van der Waals surface area contributed by atoms with Crippen LogP contribution in [-0.2, 0) is 11.8 Å². The van der Waals surface area contributed by atoms with Gasteiger partial charge in [0, 0.05) is 36.3 Å². The first kappa shape index (κ1) is 17.2. The van der Waals surface area contributed by atoms with Crippen LogP contribution in [-0.4, -0.2) is 22.1 Å². The monoisotopic (exact) mass is 336 g/mol. The summed E-state index contributed by atoms with van der Waals surface area (Å²) in [6.07, 6.45) is 1.92. The number of carbonyl (C=O) groups is 1. The summed E-state index contributed by atoms with van der Waals surface area (Å²) in [5.41, 5.74) is 2.91. The molecule has 1 heterocycles. The number of aliphatic hydroxyl groups excluding tert-OH is 1. The van der Waals surface area contributed by atoms with Crippen molar-refractivity contribution in [2.24, 2.45) is 7.05 Å². The highest BCUT2D eigenvalue weighted by atomic mass is 16.3. The number of hydrogen-bond acceptors (Lipinski definition) is 2. The number of fused-ring (bicyclic) bond motifs is 1. The molecule has 2 atom stereocenters. The van der Waals surface area contributed by atoms with Crippen molar-refractivity contribution in [1.29, 1.82) is 0 Å². The molecule has 0 fully saturated rings. The number of para-hydroxylation sites is 1. The molecule has 2 aromatic carbocycles. The second-order valence-corrected chi connectivity index (χ2v) is 6.34. The van der Waals surface area contributed by atoms with Crippen LogP contribution in [0.4, 0.5) is 0 Å². The first-order chi connectivity index (χ1) is 12.1. The van der Waals surface area contributed by atoms with Crippen molar-refractivity contribution in [2.75, 3.05) is 6.54 Å². The van der Waals surface area contributed by atoms with Gasteiger partial charge < -0.3 is 15.0 Å². The van der Waals surface area contributed by atoms with Gasteiger partial charge in [0.1, 0.15) is 0 Å². The third kappa shape index (κ3) is 3.59. The van der Waals surface area contributed by atoms with Gasteiger partial charge in [-0.05, 0) is 18.1 Å². The molecule has 1 aromatic heterocycles. The minimum Gasteiger partial charge on any atom is -0.386 e. The Labute approximate surface area is 148 Å². The number of benzene rings is 2. The third-order valence-corrected chi connectivity index (χ3v) is 4.68. The second-order valence-electron chi connectivity index (χ2n) is 6.34. The minimum atomic E-state index is -0.733. The van der Waals surface area contributed by atoms with Crippen molar-refractivity contribution in [3.8, 4) is 0 Å². The maximum Gasteiger partial charge on any atom is 0.227 e. The molecule has 4 nitrogen and oxygen atoms in total. The molecule has 4 heteroatoms. The van der Waals surface area contributed by atoms with E-state index in [1.165, 1.54) is 0 Å². The molecule has 3 rings (SSSR count). The molecule has 0 radical (unpaired) electrons. The summed E-state index contributed by atoms with van der Waals surface area (Å²) in [4.78, 5) is 12.6. The van der Waals surface area contributed by atoms with Crippen LogP contribution >= 0.6 is 0 Å². The van der Waals surface area contributed by atoms with Crippen molar-refractivity contribution in [3.05, 3.63) is 71.9 Å². The molecule has 130 valence electrons. The van der Waals surface area contributed by atoms with Gasteiger partial charge in [0.2, 0.25) is 5.91 Å². The Bertz CT molecular complexity index is 855. The number of amides is 1. The lowest BCUT2D eigenvalue weighted by molar-refractivity contribution is -0.123. The van der Waals surface area contributed by atoms with Crippen LogP contribution in [0.3, 0.4) is 0 Å².